The molecule has 0 radical (unpaired) electrons. The molecule has 1 aliphatic carbocycles. The van der Waals surface area contributed by atoms with Gasteiger partial charge >= 0.3 is 0 Å². The van der Waals surface area contributed by atoms with Crippen LogP contribution in [0.1, 0.15) is 83.6 Å². The van der Waals surface area contributed by atoms with Gasteiger partial charge in [-0.2, -0.15) is 0 Å². The lowest BCUT2D eigenvalue weighted by atomic mass is 9.95. The van der Waals surface area contributed by atoms with E-state index in [2.05, 4.69) is 22.1 Å². The molecule has 0 saturated heterocycles. The zero-order valence-corrected chi connectivity index (χ0v) is 17.2. The molecule has 0 aliphatic heterocycles. The maximum absolute atomic E-state index is 12.9. The van der Waals surface area contributed by atoms with Crippen molar-refractivity contribution in [1.82, 2.24) is 9.88 Å². The average molecular weight is 382 g/mol. The SMILES string of the molecule is CCCNC(=O)c1cccc(NC(=O)c2cc(C)n(C3CCCCC3)c2C)c1. The molecule has 1 heterocycles. The first-order valence-electron chi connectivity index (χ1n) is 10.4. The Hall–Kier alpha value is -2.56. The minimum Gasteiger partial charge on any atom is -0.352 e. The molecule has 1 aliphatic rings. The zero-order valence-electron chi connectivity index (χ0n) is 17.2. The number of benzene rings is 1. The quantitative estimate of drug-likeness (QED) is 0.739. The van der Waals surface area contributed by atoms with E-state index >= 15 is 0 Å². The summed E-state index contributed by atoms with van der Waals surface area (Å²) in [6.07, 6.45) is 7.09. The van der Waals surface area contributed by atoms with Crippen LogP contribution in [0.25, 0.3) is 0 Å². The van der Waals surface area contributed by atoms with Crippen LogP contribution in [0.3, 0.4) is 0 Å². The number of rotatable bonds is 6. The van der Waals surface area contributed by atoms with Gasteiger partial charge in [0.15, 0.2) is 0 Å². The van der Waals surface area contributed by atoms with Gasteiger partial charge in [-0.3, -0.25) is 9.59 Å². The number of carbonyl (C=O) groups excluding carboxylic acids is 2. The van der Waals surface area contributed by atoms with Gasteiger partial charge in [-0.15, -0.1) is 0 Å². The molecule has 0 unspecified atom stereocenters. The van der Waals surface area contributed by atoms with Crippen molar-refractivity contribution in [3.8, 4) is 0 Å². The fraction of sp³-hybridized carbons (Fsp3) is 0.478. The molecule has 2 N–H and O–H groups in total. The number of amides is 2. The Morgan fingerprint density at radius 1 is 1.07 bits per heavy atom. The molecule has 2 aromatic rings. The van der Waals surface area contributed by atoms with Crippen LogP contribution in [-0.2, 0) is 0 Å². The van der Waals surface area contributed by atoms with Gasteiger partial charge in [0.05, 0.1) is 5.56 Å². The second-order valence-corrected chi connectivity index (χ2v) is 7.74. The molecule has 3 rings (SSSR count). The van der Waals surface area contributed by atoms with Gasteiger partial charge in [0.25, 0.3) is 11.8 Å². The van der Waals surface area contributed by atoms with Crippen molar-refractivity contribution >= 4 is 17.5 Å². The van der Waals surface area contributed by atoms with Crippen molar-refractivity contribution in [3.63, 3.8) is 0 Å². The molecule has 150 valence electrons. The summed E-state index contributed by atoms with van der Waals surface area (Å²) in [7, 11) is 0. The molecule has 1 aromatic carbocycles. The molecule has 2 amide bonds. The van der Waals surface area contributed by atoms with E-state index in [1.165, 1.54) is 32.1 Å². The fourth-order valence-corrected chi connectivity index (χ4v) is 4.19. The lowest BCUT2D eigenvalue weighted by Crippen LogP contribution is -2.24. The van der Waals surface area contributed by atoms with E-state index in [1.54, 1.807) is 18.2 Å². The first-order chi connectivity index (χ1) is 13.5. The minimum absolute atomic E-state index is 0.117. The number of aromatic nitrogens is 1. The van der Waals surface area contributed by atoms with Crippen LogP contribution < -0.4 is 10.6 Å². The summed E-state index contributed by atoms with van der Waals surface area (Å²) in [5.74, 6) is -0.241. The Bertz CT molecular complexity index is 848. The number of nitrogens with zero attached hydrogens (tertiary/aromatic N) is 1. The van der Waals surface area contributed by atoms with Crippen LogP contribution in [0.5, 0.6) is 0 Å². The molecular weight excluding hydrogens is 350 g/mol. The van der Waals surface area contributed by atoms with Crippen molar-refractivity contribution in [2.45, 2.75) is 65.3 Å². The molecule has 0 atom stereocenters. The Morgan fingerprint density at radius 3 is 2.54 bits per heavy atom. The summed E-state index contributed by atoms with van der Waals surface area (Å²) in [5.41, 5.74) is 4.07. The number of aryl methyl sites for hydroxylation is 1. The van der Waals surface area contributed by atoms with Crippen molar-refractivity contribution in [3.05, 3.63) is 52.8 Å². The van der Waals surface area contributed by atoms with Gasteiger partial charge in [-0.05, 0) is 57.4 Å². The van der Waals surface area contributed by atoms with Crippen molar-refractivity contribution in [2.75, 3.05) is 11.9 Å². The van der Waals surface area contributed by atoms with E-state index in [0.29, 0.717) is 29.4 Å². The van der Waals surface area contributed by atoms with Crippen molar-refractivity contribution < 1.29 is 9.59 Å². The Labute approximate surface area is 167 Å². The van der Waals surface area contributed by atoms with E-state index in [-0.39, 0.29) is 11.8 Å². The molecule has 1 fully saturated rings. The smallest absolute Gasteiger partial charge is 0.257 e. The second-order valence-electron chi connectivity index (χ2n) is 7.74. The number of carbonyl (C=O) groups is 2. The summed E-state index contributed by atoms with van der Waals surface area (Å²) >= 11 is 0. The Balaban J connectivity index is 1.76. The highest BCUT2D eigenvalue weighted by Crippen LogP contribution is 2.32. The molecule has 28 heavy (non-hydrogen) atoms. The average Bonchev–Trinajstić information content (AvgIpc) is 3.01. The molecule has 0 bridgehead atoms. The van der Waals surface area contributed by atoms with Crippen LogP contribution in [0.2, 0.25) is 0 Å². The lowest BCUT2D eigenvalue weighted by molar-refractivity contribution is 0.0952. The van der Waals surface area contributed by atoms with Crippen molar-refractivity contribution in [2.24, 2.45) is 0 Å². The second kappa shape index (κ2) is 9.09. The minimum atomic E-state index is -0.124. The molecule has 0 spiro atoms. The predicted octanol–water partition coefficient (Wildman–Crippen LogP) is 5.00. The van der Waals surface area contributed by atoms with E-state index in [1.807, 2.05) is 26.0 Å². The summed E-state index contributed by atoms with van der Waals surface area (Å²) in [6.45, 7) is 6.77. The van der Waals surface area contributed by atoms with Crippen molar-refractivity contribution in [1.29, 1.82) is 0 Å². The monoisotopic (exact) mass is 381 g/mol. The maximum Gasteiger partial charge on any atom is 0.257 e. The standard InChI is InChI=1S/C23H31N3O2/c1-4-13-24-22(27)18-9-8-10-19(15-18)25-23(28)21-14-16(2)26(17(21)3)20-11-6-5-7-12-20/h8-10,14-15,20H,4-7,11-13H2,1-3H3,(H,24,27)(H,25,28). The van der Waals surface area contributed by atoms with Crippen LogP contribution in [0, 0.1) is 13.8 Å². The van der Waals surface area contributed by atoms with Gasteiger partial charge in [-0.25, -0.2) is 0 Å². The van der Waals surface area contributed by atoms with Crippen LogP contribution in [0.15, 0.2) is 30.3 Å². The number of nitrogens with one attached hydrogen (secondary N) is 2. The Morgan fingerprint density at radius 2 is 1.82 bits per heavy atom. The fourth-order valence-electron chi connectivity index (χ4n) is 4.19. The molecule has 5 heteroatoms. The number of anilines is 1. The normalized spacial score (nSPS) is 14.7. The van der Waals surface area contributed by atoms with Crippen LogP contribution in [0.4, 0.5) is 5.69 Å². The van der Waals surface area contributed by atoms with Gasteiger partial charge in [0.2, 0.25) is 0 Å². The molecule has 1 aromatic heterocycles. The van der Waals surface area contributed by atoms with Crippen LogP contribution in [-0.4, -0.2) is 22.9 Å². The topological polar surface area (TPSA) is 63.1 Å². The number of hydrogen-bond acceptors (Lipinski definition) is 2. The van der Waals surface area contributed by atoms with E-state index < -0.39 is 0 Å². The third-order valence-corrected chi connectivity index (χ3v) is 5.59. The van der Waals surface area contributed by atoms with Gasteiger partial charge in [0, 0.05) is 35.2 Å². The summed E-state index contributed by atoms with van der Waals surface area (Å²) in [5, 5.41) is 5.82. The highest BCUT2D eigenvalue weighted by atomic mass is 16.2. The van der Waals surface area contributed by atoms with Gasteiger partial charge < -0.3 is 15.2 Å². The molecule has 5 nitrogen and oxygen atoms in total. The molecular formula is C23H31N3O2. The predicted molar refractivity (Wildman–Crippen MR) is 113 cm³/mol. The summed E-state index contributed by atoms with van der Waals surface area (Å²) in [4.78, 5) is 25.1. The first-order valence-corrected chi connectivity index (χ1v) is 10.4. The summed E-state index contributed by atoms with van der Waals surface area (Å²) in [6, 6.07) is 9.58. The lowest BCUT2D eigenvalue weighted by Gasteiger charge is -2.26. The highest BCUT2D eigenvalue weighted by molar-refractivity contribution is 6.06. The summed E-state index contributed by atoms with van der Waals surface area (Å²) < 4.78 is 2.34. The van der Waals surface area contributed by atoms with Crippen LogP contribution >= 0.6 is 0 Å². The first kappa shape index (κ1) is 20.2. The maximum atomic E-state index is 12.9. The van der Waals surface area contributed by atoms with E-state index in [4.69, 9.17) is 0 Å². The van der Waals surface area contributed by atoms with Gasteiger partial charge in [-0.1, -0.05) is 32.3 Å². The van der Waals surface area contributed by atoms with E-state index in [0.717, 1.165) is 17.8 Å². The largest absolute Gasteiger partial charge is 0.352 e. The third kappa shape index (κ3) is 4.46. The van der Waals surface area contributed by atoms with Gasteiger partial charge in [0.1, 0.15) is 0 Å². The molecule has 1 saturated carbocycles. The zero-order chi connectivity index (χ0) is 20.1. The third-order valence-electron chi connectivity index (χ3n) is 5.59. The Kier molecular flexibility index (Phi) is 6.55. The number of hydrogen-bond donors (Lipinski definition) is 2. The van der Waals surface area contributed by atoms with E-state index in [9.17, 15) is 9.59 Å². The highest BCUT2D eigenvalue weighted by Gasteiger charge is 2.22.